The maximum atomic E-state index is 9.63. The first-order chi connectivity index (χ1) is 8.58. The molecule has 18 heavy (non-hydrogen) atoms. The lowest BCUT2D eigenvalue weighted by Gasteiger charge is -2.02. The Hall–Kier alpha value is -1.26. The van der Waals surface area contributed by atoms with Crippen molar-refractivity contribution in [1.82, 2.24) is 0 Å². The Labute approximate surface area is 122 Å². The third-order valence-corrected chi connectivity index (χ3v) is 3.64. The van der Waals surface area contributed by atoms with Crippen LogP contribution in [0.3, 0.4) is 0 Å². The van der Waals surface area contributed by atoms with Crippen LogP contribution in [0.2, 0.25) is 0 Å². The van der Waals surface area contributed by atoms with E-state index in [-0.39, 0.29) is 11.5 Å². The molecule has 0 saturated heterocycles. The molecule has 0 spiro atoms. The highest BCUT2D eigenvalue weighted by atomic mass is 79.9. The van der Waals surface area contributed by atoms with E-state index in [1.807, 2.05) is 24.3 Å². The van der Waals surface area contributed by atoms with E-state index in [2.05, 4.69) is 31.9 Å². The number of halogens is 2. The van der Waals surface area contributed by atoms with E-state index in [0.717, 1.165) is 11.1 Å². The molecule has 0 radical (unpaired) electrons. The molecule has 0 saturated carbocycles. The van der Waals surface area contributed by atoms with Gasteiger partial charge in [0.15, 0.2) is 0 Å². The van der Waals surface area contributed by atoms with Gasteiger partial charge >= 0.3 is 0 Å². The lowest BCUT2D eigenvalue weighted by atomic mass is 10.1. The first-order valence-corrected chi connectivity index (χ1v) is 6.80. The summed E-state index contributed by atoms with van der Waals surface area (Å²) in [6.07, 6.45) is 3.69. The largest absolute Gasteiger partial charge is 0.507 e. The number of hydrogen-bond acceptors (Lipinski definition) is 2. The van der Waals surface area contributed by atoms with Crippen molar-refractivity contribution >= 4 is 44.0 Å². The predicted molar refractivity (Wildman–Crippen MR) is 80.5 cm³/mol. The van der Waals surface area contributed by atoms with E-state index in [4.69, 9.17) is 0 Å². The molecule has 2 aromatic rings. The molecule has 2 rings (SSSR count). The Kier molecular flexibility index (Phi) is 4.09. The number of benzene rings is 2. The minimum atomic E-state index is 0.176. The molecule has 0 amide bonds. The Morgan fingerprint density at radius 1 is 0.889 bits per heavy atom. The first-order valence-electron chi connectivity index (χ1n) is 5.22. The highest BCUT2D eigenvalue weighted by Gasteiger charge is 2.04. The Balaban J connectivity index is 2.33. The van der Waals surface area contributed by atoms with Crippen LogP contribution in [0.15, 0.2) is 45.3 Å². The minimum Gasteiger partial charge on any atom is -0.507 e. The van der Waals surface area contributed by atoms with Crippen LogP contribution in [0.5, 0.6) is 11.5 Å². The number of aromatic hydroxyl groups is 2. The lowest BCUT2D eigenvalue weighted by Crippen LogP contribution is -1.78. The highest BCUT2D eigenvalue weighted by Crippen LogP contribution is 2.34. The Morgan fingerprint density at radius 3 is 2.11 bits per heavy atom. The van der Waals surface area contributed by atoms with Gasteiger partial charge in [-0.15, -0.1) is 0 Å². The zero-order valence-corrected chi connectivity index (χ0v) is 12.4. The molecule has 0 aliphatic carbocycles. The van der Waals surface area contributed by atoms with Crippen molar-refractivity contribution in [2.45, 2.75) is 0 Å². The molecule has 2 aromatic carbocycles. The Morgan fingerprint density at radius 2 is 1.50 bits per heavy atom. The Bertz CT molecular complexity index is 583. The van der Waals surface area contributed by atoms with Crippen LogP contribution < -0.4 is 0 Å². The topological polar surface area (TPSA) is 40.5 Å². The smallest absolute Gasteiger partial charge is 0.143 e. The van der Waals surface area contributed by atoms with Gasteiger partial charge in [0.05, 0.1) is 8.95 Å². The van der Waals surface area contributed by atoms with Crippen LogP contribution in [-0.4, -0.2) is 10.2 Å². The molecule has 0 unspecified atom stereocenters. The summed E-state index contributed by atoms with van der Waals surface area (Å²) < 4.78 is 1.24. The zero-order chi connectivity index (χ0) is 13.1. The summed E-state index contributed by atoms with van der Waals surface area (Å²) in [5.74, 6) is 0.417. The van der Waals surface area contributed by atoms with Crippen LogP contribution in [0.25, 0.3) is 12.2 Å². The third-order valence-electron chi connectivity index (χ3n) is 2.43. The average Bonchev–Trinajstić information content (AvgIpc) is 2.35. The molecule has 4 heteroatoms. The van der Waals surface area contributed by atoms with Crippen LogP contribution in [0.4, 0.5) is 0 Å². The lowest BCUT2D eigenvalue weighted by molar-refractivity contribution is 0.468. The quantitative estimate of drug-likeness (QED) is 0.747. The fraction of sp³-hybridized carbons (Fsp3) is 0. The summed E-state index contributed by atoms with van der Waals surface area (Å²) in [5, 5.41) is 19.2. The van der Waals surface area contributed by atoms with Crippen molar-refractivity contribution in [3.63, 3.8) is 0 Å². The molecule has 0 fully saturated rings. The van der Waals surface area contributed by atoms with Crippen LogP contribution >= 0.6 is 31.9 Å². The average molecular weight is 370 g/mol. The summed E-state index contributed by atoms with van der Waals surface area (Å²) in [6.45, 7) is 0. The van der Waals surface area contributed by atoms with E-state index in [1.165, 1.54) is 0 Å². The fourth-order valence-corrected chi connectivity index (χ4v) is 2.72. The van der Waals surface area contributed by atoms with Gasteiger partial charge in [0.25, 0.3) is 0 Å². The zero-order valence-electron chi connectivity index (χ0n) is 9.27. The summed E-state index contributed by atoms with van der Waals surface area (Å²) in [5.41, 5.74) is 1.66. The molecule has 0 aromatic heterocycles. The number of hydrogen-bond donors (Lipinski definition) is 2. The third kappa shape index (κ3) is 2.94. The van der Waals surface area contributed by atoms with Crippen LogP contribution in [0, 0.1) is 0 Å². The molecule has 2 nitrogen and oxygen atoms in total. The maximum absolute atomic E-state index is 9.63. The first kappa shape index (κ1) is 13.2. The molecule has 0 atom stereocenters. The highest BCUT2D eigenvalue weighted by molar-refractivity contribution is 9.11. The van der Waals surface area contributed by atoms with E-state index in [9.17, 15) is 10.2 Å². The van der Waals surface area contributed by atoms with Gasteiger partial charge in [-0.25, -0.2) is 0 Å². The van der Waals surface area contributed by atoms with Gasteiger partial charge in [0.2, 0.25) is 0 Å². The molecular weight excluding hydrogens is 360 g/mol. The van der Waals surface area contributed by atoms with Crippen LogP contribution in [0.1, 0.15) is 11.1 Å². The second-order valence-electron chi connectivity index (χ2n) is 3.73. The minimum absolute atomic E-state index is 0.176. The van der Waals surface area contributed by atoms with E-state index < -0.39 is 0 Å². The maximum Gasteiger partial charge on any atom is 0.143 e. The normalized spacial score (nSPS) is 11.0. The van der Waals surface area contributed by atoms with Crippen molar-refractivity contribution in [3.8, 4) is 11.5 Å². The summed E-state index contributed by atoms with van der Waals surface area (Å²) in [6, 6.07) is 10.7. The molecular formula is C14H10Br2O2. The van der Waals surface area contributed by atoms with Gasteiger partial charge in [-0.1, -0.05) is 30.4 Å². The summed E-state index contributed by atoms with van der Waals surface area (Å²) in [7, 11) is 0. The fourth-order valence-electron chi connectivity index (χ4n) is 1.50. The van der Waals surface area contributed by atoms with Crippen molar-refractivity contribution in [1.29, 1.82) is 0 Å². The van der Waals surface area contributed by atoms with E-state index >= 15 is 0 Å². The summed E-state index contributed by atoms with van der Waals surface area (Å²) >= 11 is 6.55. The van der Waals surface area contributed by atoms with E-state index in [0.29, 0.717) is 8.95 Å². The second kappa shape index (κ2) is 5.59. The molecule has 0 heterocycles. The van der Waals surface area contributed by atoms with Gasteiger partial charge in [0, 0.05) is 5.56 Å². The number of phenols is 2. The molecule has 0 bridgehead atoms. The van der Waals surface area contributed by atoms with Crippen molar-refractivity contribution in [2.24, 2.45) is 0 Å². The van der Waals surface area contributed by atoms with Gasteiger partial charge in [-0.05, 0) is 55.6 Å². The van der Waals surface area contributed by atoms with Gasteiger partial charge in [0.1, 0.15) is 11.5 Å². The number of para-hydroxylation sites is 1. The number of phenolic OH excluding ortho intramolecular Hbond substituents is 2. The standard InChI is InChI=1S/C14H10Br2O2/c15-11-7-9(8-12(16)14(11)18)5-6-10-3-1-2-4-13(10)17/h1-8,17-18H/b6-5+. The van der Waals surface area contributed by atoms with E-state index in [1.54, 1.807) is 24.3 Å². The van der Waals surface area contributed by atoms with Gasteiger partial charge < -0.3 is 10.2 Å². The summed E-state index contributed by atoms with van der Waals surface area (Å²) in [4.78, 5) is 0. The predicted octanol–water partition coefficient (Wildman–Crippen LogP) is 4.79. The molecule has 0 aliphatic heterocycles. The van der Waals surface area contributed by atoms with Crippen LogP contribution in [-0.2, 0) is 0 Å². The molecule has 2 N–H and O–H groups in total. The number of rotatable bonds is 2. The van der Waals surface area contributed by atoms with Crippen molar-refractivity contribution in [3.05, 3.63) is 56.5 Å². The van der Waals surface area contributed by atoms with Crippen molar-refractivity contribution in [2.75, 3.05) is 0 Å². The van der Waals surface area contributed by atoms with Gasteiger partial charge in [-0.2, -0.15) is 0 Å². The van der Waals surface area contributed by atoms with Crippen molar-refractivity contribution < 1.29 is 10.2 Å². The SMILES string of the molecule is Oc1ccccc1/C=C/c1cc(Br)c(O)c(Br)c1. The molecule has 0 aliphatic rings. The molecule has 92 valence electrons. The second-order valence-corrected chi connectivity index (χ2v) is 5.43. The van der Waals surface area contributed by atoms with Gasteiger partial charge in [-0.3, -0.25) is 0 Å². The monoisotopic (exact) mass is 368 g/mol.